The fourth-order valence-corrected chi connectivity index (χ4v) is 2.54. The molecular formula is C14H19F2NO2S. The molecule has 6 heteroatoms. The molecule has 1 aromatic rings. The summed E-state index contributed by atoms with van der Waals surface area (Å²) in [6, 6.07) is 1.50. The average molecular weight is 303 g/mol. The zero-order valence-electron chi connectivity index (χ0n) is 12.2. The van der Waals surface area contributed by atoms with Crippen LogP contribution in [0.1, 0.15) is 45.0 Å². The van der Waals surface area contributed by atoms with Gasteiger partial charge in [-0.15, -0.1) is 0 Å². The molecule has 1 N–H and O–H groups in total. The third-order valence-corrected chi connectivity index (χ3v) is 3.89. The van der Waals surface area contributed by atoms with Crippen molar-refractivity contribution >= 4 is 16.8 Å². The van der Waals surface area contributed by atoms with E-state index in [0.29, 0.717) is 6.07 Å². The highest BCUT2D eigenvalue weighted by atomic mass is 32.2. The van der Waals surface area contributed by atoms with E-state index in [1.165, 1.54) is 0 Å². The van der Waals surface area contributed by atoms with Gasteiger partial charge in [0.1, 0.15) is 22.6 Å². The molecule has 0 aliphatic rings. The van der Waals surface area contributed by atoms with Crippen molar-refractivity contribution in [3.63, 3.8) is 0 Å². The summed E-state index contributed by atoms with van der Waals surface area (Å²) in [6.07, 6.45) is 0. The second kappa shape index (κ2) is 6.10. The van der Waals surface area contributed by atoms with Crippen LogP contribution < -0.4 is 4.72 Å². The molecule has 1 rings (SSSR count). The average Bonchev–Trinajstić information content (AvgIpc) is 2.25. The standard InChI is InChI=1S/C14H19F2NO2S/c1-8(2)17-20(19)12-6-9(10(15)7-11(12)16)13(18)14(3,4)5/h6-8,17H,1-5H3. The summed E-state index contributed by atoms with van der Waals surface area (Å²) in [5, 5.41) is 0. The Labute approximate surface area is 120 Å². The molecule has 1 aromatic carbocycles. The second-order valence-electron chi connectivity index (χ2n) is 5.88. The van der Waals surface area contributed by atoms with E-state index in [4.69, 9.17) is 0 Å². The number of hydrogen-bond acceptors (Lipinski definition) is 2. The highest BCUT2D eigenvalue weighted by molar-refractivity contribution is 7.83. The molecule has 0 heterocycles. The van der Waals surface area contributed by atoms with Crippen molar-refractivity contribution < 1.29 is 17.8 Å². The third kappa shape index (κ3) is 3.93. The van der Waals surface area contributed by atoms with Gasteiger partial charge in [-0.3, -0.25) is 4.79 Å². The smallest absolute Gasteiger partial charge is 0.171 e. The maximum atomic E-state index is 13.8. The maximum Gasteiger partial charge on any atom is 0.171 e. The van der Waals surface area contributed by atoms with Gasteiger partial charge in [-0.25, -0.2) is 17.7 Å². The van der Waals surface area contributed by atoms with E-state index in [1.54, 1.807) is 34.6 Å². The van der Waals surface area contributed by atoms with E-state index < -0.39 is 33.8 Å². The Balaban J connectivity index is 3.30. The van der Waals surface area contributed by atoms with Crippen LogP contribution in [0.5, 0.6) is 0 Å². The molecule has 0 spiro atoms. The predicted molar refractivity (Wildman–Crippen MR) is 74.8 cm³/mol. The molecule has 0 saturated heterocycles. The summed E-state index contributed by atoms with van der Waals surface area (Å²) >= 11 is 0. The van der Waals surface area contributed by atoms with Crippen molar-refractivity contribution in [3.8, 4) is 0 Å². The zero-order chi connectivity index (χ0) is 15.7. The van der Waals surface area contributed by atoms with Crippen molar-refractivity contribution in [3.05, 3.63) is 29.3 Å². The summed E-state index contributed by atoms with van der Waals surface area (Å²) in [4.78, 5) is 11.9. The van der Waals surface area contributed by atoms with Gasteiger partial charge in [0.25, 0.3) is 0 Å². The van der Waals surface area contributed by atoms with Gasteiger partial charge in [-0.1, -0.05) is 20.8 Å². The van der Waals surface area contributed by atoms with Crippen molar-refractivity contribution in [1.82, 2.24) is 4.72 Å². The number of hydrogen-bond donors (Lipinski definition) is 1. The molecule has 1 unspecified atom stereocenters. The van der Waals surface area contributed by atoms with Crippen LogP contribution in [0.3, 0.4) is 0 Å². The summed E-state index contributed by atoms with van der Waals surface area (Å²) in [7, 11) is -1.83. The van der Waals surface area contributed by atoms with Gasteiger partial charge in [0.2, 0.25) is 0 Å². The number of Topliss-reactive ketones (excluding diaryl/α,β-unsaturated/α-hetero) is 1. The summed E-state index contributed by atoms with van der Waals surface area (Å²) in [5.41, 5.74) is -1.05. The summed E-state index contributed by atoms with van der Waals surface area (Å²) in [6.45, 7) is 8.42. The van der Waals surface area contributed by atoms with Crippen molar-refractivity contribution in [1.29, 1.82) is 0 Å². The number of nitrogens with one attached hydrogen (secondary N) is 1. The minimum Gasteiger partial charge on any atom is -0.293 e. The fourth-order valence-electron chi connectivity index (χ4n) is 1.53. The van der Waals surface area contributed by atoms with E-state index in [2.05, 4.69) is 4.72 Å². The van der Waals surface area contributed by atoms with Crippen LogP contribution in [0.2, 0.25) is 0 Å². The molecular weight excluding hydrogens is 284 g/mol. The molecule has 3 nitrogen and oxygen atoms in total. The highest BCUT2D eigenvalue weighted by Gasteiger charge is 2.27. The Morgan fingerprint density at radius 1 is 1.20 bits per heavy atom. The SMILES string of the molecule is CC(C)NS(=O)c1cc(C(=O)C(C)(C)C)c(F)cc1F. The van der Waals surface area contributed by atoms with E-state index >= 15 is 0 Å². The quantitative estimate of drug-likeness (QED) is 0.868. The fraction of sp³-hybridized carbons (Fsp3) is 0.500. The third-order valence-electron chi connectivity index (χ3n) is 2.49. The zero-order valence-corrected chi connectivity index (χ0v) is 13.0. The summed E-state index contributed by atoms with van der Waals surface area (Å²) < 4.78 is 42.0. The number of benzene rings is 1. The normalized spacial score (nSPS) is 13.6. The van der Waals surface area contributed by atoms with Crippen LogP contribution in [-0.2, 0) is 11.0 Å². The Bertz CT molecular complexity index is 551. The molecule has 0 saturated carbocycles. The van der Waals surface area contributed by atoms with Gasteiger partial charge >= 0.3 is 0 Å². The summed E-state index contributed by atoms with van der Waals surface area (Å²) in [5.74, 6) is -2.33. The van der Waals surface area contributed by atoms with Crippen LogP contribution in [-0.4, -0.2) is 16.0 Å². The Morgan fingerprint density at radius 2 is 1.75 bits per heavy atom. The molecule has 0 radical (unpaired) electrons. The van der Waals surface area contributed by atoms with Crippen LogP contribution in [0.25, 0.3) is 0 Å². The molecule has 20 heavy (non-hydrogen) atoms. The lowest BCUT2D eigenvalue weighted by Gasteiger charge is -2.18. The van der Waals surface area contributed by atoms with E-state index in [1.807, 2.05) is 0 Å². The maximum absolute atomic E-state index is 13.8. The number of rotatable bonds is 4. The minimum atomic E-state index is -1.83. The van der Waals surface area contributed by atoms with Gasteiger partial charge in [-0.2, -0.15) is 0 Å². The van der Waals surface area contributed by atoms with Crippen molar-refractivity contribution in [2.75, 3.05) is 0 Å². The van der Waals surface area contributed by atoms with E-state index in [-0.39, 0.29) is 16.5 Å². The molecule has 0 bridgehead atoms. The van der Waals surface area contributed by atoms with E-state index in [9.17, 15) is 17.8 Å². The first-order valence-electron chi connectivity index (χ1n) is 6.26. The van der Waals surface area contributed by atoms with E-state index in [0.717, 1.165) is 6.07 Å². The van der Waals surface area contributed by atoms with Gasteiger partial charge in [0.05, 0.1) is 10.5 Å². The molecule has 112 valence electrons. The largest absolute Gasteiger partial charge is 0.293 e. The van der Waals surface area contributed by atoms with Crippen LogP contribution >= 0.6 is 0 Å². The number of ketones is 1. The number of halogens is 2. The van der Waals surface area contributed by atoms with Gasteiger partial charge < -0.3 is 0 Å². The lowest BCUT2D eigenvalue weighted by Crippen LogP contribution is -2.27. The van der Waals surface area contributed by atoms with Gasteiger partial charge in [-0.05, 0) is 19.9 Å². The molecule has 0 fully saturated rings. The Hall–Kier alpha value is -1.14. The van der Waals surface area contributed by atoms with Crippen LogP contribution in [0.15, 0.2) is 17.0 Å². The van der Waals surface area contributed by atoms with Crippen molar-refractivity contribution in [2.45, 2.75) is 45.6 Å². The highest BCUT2D eigenvalue weighted by Crippen LogP contribution is 2.25. The number of carbonyl (C=O) groups is 1. The molecule has 0 aromatic heterocycles. The lowest BCUT2D eigenvalue weighted by molar-refractivity contribution is 0.0853. The Kier molecular flexibility index (Phi) is 5.15. The first-order chi connectivity index (χ1) is 9.04. The molecule has 1 atom stereocenters. The lowest BCUT2D eigenvalue weighted by atomic mass is 9.86. The van der Waals surface area contributed by atoms with Crippen molar-refractivity contribution in [2.24, 2.45) is 5.41 Å². The predicted octanol–water partition coefficient (Wildman–Crippen LogP) is 3.21. The first-order valence-corrected chi connectivity index (χ1v) is 7.40. The molecule has 0 aliphatic carbocycles. The first kappa shape index (κ1) is 16.9. The Morgan fingerprint density at radius 3 is 2.20 bits per heavy atom. The monoisotopic (exact) mass is 303 g/mol. The second-order valence-corrected chi connectivity index (χ2v) is 7.10. The van der Waals surface area contributed by atoms with Gasteiger partial charge in [0.15, 0.2) is 5.78 Å². The minimum absolute atomic E-state index is 0.137. The van der Waals surface area contributed by atoms with Gasteiger partial charge in [0, 0.05) is 17.5 Å². The van der Waals surface area contributed by atoms with Crippen LogP contribution in [0, 0.1) is 17.0 Å². The van der Waals surface area contributed by atoms with Crippen LogP contribution in [0.4, 0.5) is 8.78 Å². The molecule has 0 aliphatic heterocycles. The molecule has 0 amide bonds. The topological polar surface area (TPSA) is 46.2 Å². The number of carbonyl (C=O) groups excluding carboxylic acids is 1.